The minimum Gasteiger partial charge on any atom is -0.338 e. The Bertz CT molecular complexity index is 581. The zero-order valence-electron chi connectivity index (χ0n) is 15.8. The molecule has 2 saturated heterocycles. The van der Waals surface area contributed by atoms with Gasteiger partial charge in [-0.15, -0.1) is 0 Å². The third-order valence-electron chi connectivity index (χ3n) is 6.57. The van der Waals surface area contributed by atoms with Crippen LogP contribution in [0.3, 0.4) is 0 Å². The molecule has 4 rings (SSSR count). The second-order valence-electron chi connectivity index (χ2n) is 8.23. The number of nitrogens with zero attached hydrogens (tertiary/aromatic N) is 3. The molecule has 2 amide bonds. The van der Waals surface area contributed by atoms with Gasteiger partial charge in [0, 0.05) is 50.0 Å². The quantitative estimate of drug-likeness (QED) is 0.880. The summed E-state index contributed by atoms with van der Waals surface area (Å²) >= 11 is 0. The summed E-state index contributed by atoms with van der Waals surface area (Å²) in [6.45, 7) is 3.73. The Labute approximate surface area is 157 Å². The van der Waals surface area contributed by atoms with Gasteiger partial charge in [0.15, 0.2) is 0 Å². The van der Waals surface area contributed by atoms with Crippen LogP contribution in [-0.2, 0) is 0 Å². The lowest BCUT2D eigenvalue weighted by molar-refractivity contribution is 0.0904. The van der Waals surface area contributed by atoms with E-state index in [1.165, 1.54) is 57.1 Å². The number of aromatic nitrogens is 1. The van der Waals surface area contributed by atoms with E-state index in [0.29, 0.717) is 12.0 Å². The van der Waals surface area contributed by atoms with E-state index in [1.54, 1.807) is 0 Å². The van der Waals surface area contributed by atoms with Gasteiger partial charge in [0.1, 0.15) is 0 Å². The number of nitrogens with one attached hydrogen (secondary N) is 1. The number of hydrogen-bond donors (Lipinski definition) is 1. The van der Waals surface area contributed by atoms with Crippen molar-refractivity contribution < 1.29 is 4.79 Å². The molecule has 26 heavy (non-hydrogen) atoms. The van der Waals surface area contributed by atoms with Crippen molar-refractivity contribution in [1.29, 1.82) is 0 Å². The van der Waals surface area contributed by atoms with E-state index in [9.17, 15) is 4.79 Å². The summed E-state index contributed by atoms with van der Waals surface area (Å²) in [5.74, 6) is 0.472. The predicted molar refractivity (Wildman–Crippen MR) is 103 cm³/mol. The zero-order valence-corrected chi connectivity index (χ0v) is 15.8. The number of carbonyl (C=O) groups excluding carboxylic acids is 1. The van der Waals surface area contributed by atoms with Crippen molar-refractivity contribution in [3.63, 3.8) is 0 Å². The molecule has 1 atom stereocenters. The topological polar surface area (TPSA) is 48.5 Å². The van der Waals surface area contributed by atoms with Gasteiger partial charge in [-0.25, -0.2) is 4.79 Å². The fourth-order valence-corrected chi connectivity index (χ4v) is 5.00. The number of carbonyl (C=O) groups is 1. The summed E-state index contributed by atoms with van der Waals surface area (Å²) in [5.41, 5.74) is 1.29. The molecule has 2 aliphatic heterocycles. The molecule has 0 bridgehead atoms. The van der Waals surface area contributed by atoms with Crippen molar-refractivity contribution in [3.8, 4) is 0 Å². The van der Waals surface area contributed by atoms with Crippen LogP contribution in [-0.4, -0.2) is 59.1 Å². The highest BCUT2D eigenvalue weighted by atomic mass is 16.2. The van der Waals surface area contributed by atoms with Crippen LogP contribution in [0.5, 0.6) is 0 Å². The molecule has 5 nitrogen and oxygen atoms in total. The molecule has 3 aliphatic rings. The molecule has 5 heteroatoms. The Hall–Kier alpha value is -1.62. The van der Waals surface area contributed by atoms with Crippen LogP contribution in [0.4, 0.5) is 4.79 Å². The number of hydrogen-bond acceptors (Lipinski definition) is 3. The van der Waals surface area contributed by atoms with Gasteiger partial charge < -0.3 is 10.2 Å². The summed E-state index contributed by atoms with van der Waals surface area (Å²) in [6.07, 6.45) is 14.3. The van der Waals surface area contributed by atoms with Crippen molar-refractivity contribution >= 4 is 6.03 Å². The largest absolute Gasteiger partial charge is 0.338 e. The van der Waals surface area contributed by atoms with Crippen LogP contribution in [0.25, 0.3) is 0 Å². The van der Waals surface area contributed by atoms with Crippen LogP contribution >= 0.6 is 0 Å². The van der Waals surface area contributed by atoms with Gasteiger partial charge in [0.2, 0.25) is 0 Å². The second-order valence-corrected chi connectivity index (χ2v) is 8.23. The van der Waals surface area contributed by atoms with Gasteiger partial charge in [-0.05, 0) is 56.3 Å². The summed E-state index contributed by atoms with van der Waals surface area (Å²) in [4.78, 5) is 21.1. The first-order valence-electron chi connectivity index (χ1n) is 10.5. The van der Waals surface area contributed by atoms with E-state index in [4.69, 9.17) is 0 Å². The molecule has 1 N–H and O–H groups in total. The van der Waals surface area contributed by atoms with Crippen LogP contribution in [0, 0.1) is 0 Å². The van der Waals surface area contributed by atoms with Crippen molar-refractivity contribution in [2.24, 2.45) is 0 Å². The number of pyridine rings is 1. The molecule has 0 aromatic carbocycles. The normalized spacial score (nSPS) is 25.2. The maximum absolute atomic E-state index is 12.4. The van der Waals surface area contributed by atoms with E-state index in [-0.39, 0.29) is 6.03 Å². The number of likely N-dealkylation sites (tertiary alicyclic amines) is 2. The van der Waals surface area contributed by atoms with Crippen LogP contribution < -0.4 is 5.32 Å². The standard InChI is InChI=1S/C21H32N4O/c26-21(24-15-18(16-24)17-8-11-22-12-9-17)23-13-10-20-7-3-4-14-25(20)19-5-1-2-6-19/h8-9,11-12,18-20H,1-7,10,13-16H2,(H,23,26)/t20-/m1/s1. The van der Waals surface area contributed by atoms with E-state index < -0.39 is 0 Å². The Kier molecular flexibility index (Phi) is 5.73. The Balaban J connectivity index is 1.19. The summed E-state index contributed by atoms with van der Waals surface area (Å²) < 4.78 is 0. The third kappa shape index (κ3) is 4.03. The summed E-state index contributed by atoms with van der Waals surface area (Å²) in [7, 11) is 0. The molecule has 3 fully saturated rings. The van der Waals surface area contributed by atoms with E-state index in [1.807, 2.05) is 17.3 Å². The Morgan fingerprint density at radius 1 is 1.08 bits per heavy atom. The van der Waals surface area contributed by atoms with Crippen LogP contribution in [0.2, 0.25) is 0 Å². The first kappa shape index (κ1) is 17.8. The van der Waals surface area contributed by atoms with Crippen molar-refractivity contribution in [2.75, 3.05) is 26.2 Å². The van der Waals surface area contributed by atoms with E-state index >= 15 is 0 Å². The fourth-order valence-electron chi connectivity index (χ4n) is 5.00. The second kappa shape index (κ2) is 8.38. The van der Waals surface area contributed by atoms with Gasteiger partial charge in [-0.3, -0.25) is 9.88 Å². The molecular formula is C21H32N4O. The molecule has 1 aliphatic carbocycles. The van der Waals surface area contributed by atoms with Crippen LogP contribution in [0.1, 0.15) is 62.8 Å². The first-order valence-corrected chi connectivity index (χ1v) is 10.5. The highest BCUT2D eigenvalue weighted by Crippen LogP contribution is 2.30. The van der Waals surface area contributed by atoms with E-state index in [2.05, 4.69) is 27.3 Å². The smallest absolute Gasteiger partial charge is 0.317 e. The van der Waals surface area contributed by atoms with Gasteiger partial charge in [0.25, 0.3) is 0 Å². The number of amides is 2. The average Bonchev–Trinajstić information content (AvgIpc) is 3.16. The summed E-state index contributed by atoms with van der Waals surface area (Å²) in [6, 6.07) is 5.71. The SMILES string of the molecule is O=C(NCC[C@H]1CCCCN1C1CCCC1)N1CC(c2ccncc2)C1. The minimum atomic E-state index is 0.110. The molecule has 0 spiro atoms. The molecule has 0 unspecified atom stereocenters. The molecule has 0 radical (unpaired) electrons. The van der Waals surface area contributed by atoms with Crippen molar-refractivity contribution in [2.45, 2.75) is 69.4 Å². The molecule has 1 aromatic rings. The lowest BCUT2D eigenvalue weighted by atomic mass is 9.93. The third-order valence-corrected chi connectivity index (χ3v) is 6.57. The molecule has 3 heterocycles. The van der Waals surface area contributed by atoms with Gasteiger partial charge in [0.05, 0.1) is 0 Å². The highest BCUT2D eigenvalue weighted by molar-refractivity contribution is 5.75. The first-order chi connectivity index (χ1) is 12.8. The predicted octanol–water partition coefficient (Wildman–Crippen LogP) is 3.38. The van der Waals surface area contributed by atoms with Crippen molar-refractivity contribution in [1.82, 2.24) is 20.1 Å². The maximum atomic E-state index is 12.4. The van der Waals surface area contributed by atoms with Crippen molar-refractivity contribution in [3.05, 3.63) is 30.1 Å². The number of rotatable bonds is 5. The highest BCUT2D eigenvalue weighted by Gasteiger charge is 2.33. The van der Waals surface area contributed by atoms with Gasteiger partial charge in [-0.2, -0.15) is 0 Å². The average molecular weight is 357 g/mol. The van der Waals surface area contributed by atoms with Gasteiger partial charge in [-0.1, -0.05) is 19.3 Å². The monoisotopic (exact) mass is 356 g/mol. The zero-order chi connectivity index (χ0) is 17.8. The Morgan fingerprint density at radius 3 is 2.58 bits per heavy atom. The summed E-state index contributed by atoms with van der Waals surface area (Å²) in [5, 5.41) is 3.16. The number of urea groups is 1. The molecule has 142 valence electrons. The fraction of sp³-hybridized carbons (Fsp3) is 0.714. The Morgan fingerprint density at radius 2 is 1.81 bits per heavy atom. The maximum Gasteiger partial charge on any atom is 0.317 e. The lowest BCUT2D eigenvalue weighted by Gasteiger charge is -2.41. The molecule has 1 saturated carbocycles. The lowest BCUT2D eigenvalue weighted by Crippen LogP contribution is -2.53. The van der Waals surface area contributed by atoms with Crippen LogP contribution in [0.15, 0.2) is 24.5 Å². The minimum absolute atomic E-state index is 0.110. The van der Waals surface area contributed by atoms with E-state index in [0.717, 1.165) is 32.1 Å². The molecule has 1 aromatic heterocycles. The number of piperidine rings is 1. The van der Waals surface area contributed by atoms with Gasteiger partial charge >= 0.3 is 6.03 Å². The molecular weight excluding hydrogens is 324 g/mol.